The summed E-state index contributed by atoms with van der Waals surface area (Å²) >= 11 is 0. The number of hydrogen-bond acceptors (Lipinski definition) is 7. The van der Waals surface area contributed by atoms with Crippen molar-refractivity contribution in [2.24, 2.45) is 30.7 Å². The number of carbonyl (C=O) groups excluding carboxylic acids is 1. The first-order valence-electron chi connectivity index (χ1n) is 13.4. The van der Waals surface area contributed by atoms with Gasteiger partial charge in [0, 0.05) is 32.0 Å². The summed E-state index contributed by atoms with van der Waals surface area (Å²) in [6.45, 7) is 1.76. The van der Waals surface area contributed by atoms with Gasteiger partial charge in [0.2, 0.25) is 0 Å². The topological polar surface area (TPSA) is 82.4 Å². The smallest absolute Gasteiger partial charge is 0.163 e. The van der Waals surface area contributed by atoms with Gasteiger partial charge in [-0.05, 0) is 60.8 Å². The third kappa shape index (κ3) is 4.16. The molecule has 0 radical (unpaired) electrons. The molecular formula is C29H35N5O3. The summed E-state index contributed by atoms with van der Waals surface area (Å²) in [6.07, 6.45) is 12.1. The van der Waals surface area contributed by atoms with Gasteiger partial charge in [-0.25, -0.2) is 9.97 Å². The van der Waals surface area contributed by atoms with E-state index in [-0.39, 0.29) is 11.8 Å². The van der Waals surface area contributed by atoms with Crippen molar-refractivity contribution in [3.05, 3.63) is 42.4 Å². The first-order valence-corrected chi connectivity index (χ1v) is 13.4. The molecule has 194 valence electrons. The van der Waals surface area contributed by atoms with E-state index in [1.807, 2.05) is 19.3 Å². The van der Waals surface area contributed by atoms with Crippen LogP contribution in [0.5, 0.6) is 11.5 Å². The van der Waals surface area contributed by atoms with Crippen LogP contribution in [0.15, 0.2) is 36.8 Å². The number of rotatable bonds is 5. The minimum Gasteiger partial charge on any atom is -0.493 e. The van der Waals surface area contributed by atoms with E-state index >= 15 is 0 Å². The van der Waals surface area contributed by atoms with Crippen molar-refractivity contribution in [1.82, 2.24) is 19.7 Å². The lowest BCUT2D eigenvalue weighted by Gasteiger charge is -2.42. The third-order valence-corrected chi connectivity index (χ3v) is 8.79. The van der Waals surface area contributed by atoms with Crippen LogP contribution in [0.3, 0.4) is 0 Å². The fourth-order valence-corrected chi connectivity index (χ4v) is 6.86. The van der Waals surface area contributed by atoms with Crippen LogP contribution in [0.4, 0.5) is 5.82 Å². The summed E-state index contributed by atoms with van der Waals surface area (Å²) in [4.78, 5) is 25.2. The van der Waals surface area contributed by atoms with E-state index in [4.69, 9.17) is 9.47 Å². The van der Waals surface area contributed by atoms with Gasteiger partial charge in [0.15, 0.2) is 17.1 Å². The molecule has 0 bridgehead atoms. The molecule has 6 rings (SSSR count). The number of methoxy groups -OCH3 is 2. The normalized spacial score (nSPS) is 24.6. The Morgan fingerprint density at radius 3 is 2.46 bits per heavy atom. The van der Waals surface area contributed by atoms with Crippen molar-refractivity contribution in [3.63, 3.8) is 0 Å². The number of piperidine rings is 1. The van der Waals surface area contributed by atoms with Crippen molar-refractivity contribution < 1.29 is 14.3 Å². The maximum absolute atomic E-state index is 13.9. The number of aryl methyl sites for hydroxylation is 1. The Balaban J connectivity index is 1.28. The summed E-state index contributed by atoms with van der Waals surface area (Å²) in [5, 5.41) is 5.35. The SMILES string of the molecule is COc1ccc(C2=CC(C3CCN(c4ncnc5c4cnn5C)CC3)C(=O)C3CCCCC23)cc1OC. The number of allylic oxidation sites excluding steroid dienone is 2. The van der Waals surface area contributed by atoms with Crippen molar-refractivity contribution in [1.29, 1.82) is 0 Å². The van der Waals surface area contributed by atoms with Crippen molar-refractivity contribution >= 4 is 28.2 Å². The van der Waals surface area contributed by atoms with Gasteiger partial charge in [0.05, 0.1) is 25.8 Å². The second-order valence-electron chi connectivity index (χ2n) is 10.6. The molecular weight excluding hydrogens is 466 g/mol. The fourth-order valence-electron chi connectivity index (χ4n) is 6.86. The number of ether oxygens (including phenoxy) is 2. The molecule has 8 heteroatoms. The molecule has 0 N–H and O–H groups in total. The third-order valence-electron chi connectivity index (χ3n) is 8.79. The lowest BCUT2D eigenvalue weighted by molar-refractivity contribution is -0.129. The van der Waals surface area contributed by atoms with Gasteiger partial charge >= 0.3 is 0 Å². The summed E-state index contributed by atoms with van der Waals surface area (Å²) in [5.74, 6) is 3.61. The number of nitrogens with zero attached hydrogens (tertiary/aromatic N) is 5. The van der Waals surface area contributed by atoms with Crippen LogP contribution in [0.25, 0.3) is 16.6 Å². The van der Waals surface area contributed by atoms with E-state index in [0.29, 0.717) is 17.6 Å². The minimum absolute atomic E-state index is 0.0339. The molecule has 37 heavy (non-hydrogen) atoms. The number of anilines is 1. The van der Waals surface area contributed by atoms with Gasteiger partial charge < -0.3 is 14.4 Å². The van der Waals surface area contributed by atoms with Crippen LogP contribution in [-0.4, -0.2) is 52.8 Å². The molecule has 3 unspecified atom stereocenters. The molecule has 2 fully saturated rings. The standard InChI is InChI=1S/C29H35N5O3/c1-33-28-24(16-32-33)29(31-17-30-28)34-12-10-18(11-13-34)23-15-22(20-6-4-5-7-21(20)27(23)35)19-8-9-25(36-2)26(14-19)37-3/h8-9,14-18,20-21,23H,4-7,10-13H2,1-3H3. The largest absolute Gasteiger partial charge is 0.493 e. The lowest BCUT2D eigenvalue weighted by Crippen LogP contribution is -2.43. The molecule has 8 nitrogen and oxygen atoms in total. The van der Waals surface area contributed by atoms with Crippen LogP contribution < -0.4 is 14.4 Å². The lowest BCUT2D eigenvalue weighted by atomic mass is 9.62. The first-order chi connectivity index (χ1) is 18.1. The second-order valence-corrected chi connectivity index (χ2v) is 10.6. The number of aromatic nitrogens is 4. The summed E-state index contributed by atoms with van der Waals surface area (Å²) in [5.41, 5.74) is 3.33. The minimum atomic E-state index is -0.0339. The maximum atomic E-state index is 13.9. The highest BCUT2D eigenvalue weighted by Gasteiger charge is 2.43. The zero-order valence-corrected chi connectivity index (χ0v) is 21.9. The molecule has 1 saturated carbocycles. The summed E-state index contributed by atoms with van der Waals surface area (Å²) in [7, 11) is 5.24. The van der Waals surface area contributed by atoms with Crippen molar-refractivity contribution in [2.45, 2.75) is 38.5 Å². The number of hydrogen-bond donors (Lipinski definition) is 0. The number of benzene rings is 1. The van der Waals surface area contributed by atoms with Gasteiger partial charge in [-0.3, -0.25) is 9.48 Å². The molecule has 3 aromatic rings. The van der Waals surface area contributed by atoms with Crippen LogP contribution in [0, 0.1) is 23.7 Å². The Bertz CT molecular complexity index is 1340. The average Bonchev–Trinajstić information content (AvgIpc) is 3.34. The number of Topliss-reactive ketones (excluding diaryl/α,β-unsaturated/α-hetero) is 1. The van der Waals surface area contributed by atoms with Gasteiger partial charge in [0.1, 0.15) is 17.9 Å². The highest BCUT2D eigenvalue weighted by molar-refractivity contribution is 5.93. The zero-order valence-electron chi connectivity index (χ0n) is 21.9. The highest BCUT2D eigenvalue weighted by atomic mass is 16.5. The van der Waals surface area contributed by atoms with Crippen LogP contribution in [-0.2, 0) is 11.8 Å². The van der Waals surface area contributed by atoms with Crippen LogP contribution in [0.2, 0.25) is 0 Å². The van der Waals surface area contributed by atoms with Crippen LogP contribution in [0.1, 0.15) is 44.1 Å². The van der Waals surface area contributed by atoms with Crippen LogP contribution >= 0.6 is 0 Å². The first kappa shape index (κ1) is 23.9. The van der Waals surface area contributed by atoms with Gasteiger partial charge in [-0.2, -0.15) is 5.10 Å². The van der Waals surface area contributed by atoms with E-state index in [0.717, 1.165) is 79.1 Å². The summed E-state index contributed by atoms with van der Waals surface area (Å²) < 4.78 is 12.9. The van der Waals surface area contributed by atoms with Gasteiger partial charge in [-0.1, -0.05) is 25.0 Å². The van der Waals surface area contributed by atoms with Gasteiger partial charge in [-0.15, -0.1) is 0 Å². The molecule has 2 aromatic heterocycles. The quantitative estimate of drug-likeness (QED) is 0.502. The molecule has 1 saturated heterocycles. The Morgan fingerprint density at radius 2 is 1.70 bits per heavy atom. The molecule has 1 aliphatic heterocycles. The maximum Gasteiger partial charge on any atom is 0.163 e. The highest BCUT2D eigenvalue weighted by Crippen LogP contribution is 2.48. The number of fused-ring (bicyclic) bond motifs is 2. The molecule has 0 amide bonds. The van der Waals surface area contributed by atoms with Crippen molar-refractivity contribution in [3.8, 4) is 11.5 Å². The fraction of sp³-hybridized carbons (Fsp3) is 0.517. The monoisotopic (exact) mass is 501 g/mol. The molecule has 2 aliphatic carbocycles. The van der Waals surface area contributed by atoms with E-state index < -0.39 is 0 Å². The van der Waals surface area contributed by atoms with E-state index in [1.54, 1.807) is 25.2 Å². The van der Waals surface area contributed by atoms with E-state index in [2.05, 4.69) is 38.2 Å². The van der Waals surface area contributed by atoms with Crippen molar-refractivity contribution in [2.75, 3.05) is 32.2 Å². The molecule has 0 spiro atoms. The zero-order chi connectivity index (χ0) is 25.5. The number of ketones is 1. The van der Waals surface area contributed by atoms with Gasteiger partial charge in [0.25, 0.3) is 0 Å². The average molecular weight is 502 g/mol. The van der Waals surface area contributed by atoms with E-state index in [1.165, 1.54) is 12.0 Å². The Labute approximate surface area is 217 Å². The second kappa shape index (κ2) is 9.80. The Kier molecular flexibility index (Phi) is 6.34. The predicted octanol–water partition coefficient (Wildman–Crippen LogP) is 4.69. The summed E-state index contributed by atoms with van der Waals surface area (Å²) in [6, 6.07) is 6.19. The number of carbonyl (C=O) groups is 1. The molecule has 3 heterocycles. The molecule has 3 atom stereocenters. The predicted molar refractivity (Wildman–Crippen MR) is 143 cm³/mol. The molecule has 1 aromatic carbocycles. The molecule has 3 aliphatic rings. The van der Waals surface area contributed by atoms with E-state index in [9.17, 15) is 4.79 Å². The Morgan fingerprint density at radius 1 is 0.946 bits per heavy atom. The Hall–Kier alpha value is -3.42.